The minimum Gasteiger partial charge on any atom is -0.320 e. The normalized spacial score (nSPS) is 10.9. The van der Waals surface area contributed by atoms with Gasteiger partial charge in [0.2, 0.25) is 5.82 Å². The van der Waals surface area contributed by atoms with Crippen molar-refractivity contribution < 1.29 is 9.72 Å². The van der Waals surface area contributed by atoms with Gasteiger partial charge in [0.15, 0.2) is 5.78 Å². The van der Waals surface area contributed by atoms with E-state index >= 15 is 0 Å². The lowest BCUT2D eigenvalue weighted by Gasteiger charge is -2.26. The van der Waals surface area contributed by atoms with Crippen molar-refractivity contribution in [1.82, 2.24) is 9.88 Å². The Kier molecular flexibility index (Phi) is 6.69. The van der Waals surface area contributed by atoms with E-state index in [1.54, 1.807) is 34.5 Å². The fourth-order valence-electron chi connectivity index (χ4n) is 3.07. The molecule has 2 aromatic heterocycles. The van der Waals surface area contributed by atoms with Gasteiger partial charge in [0.1, 0.15) is 0 Å². The molecule has 0 aliphatic rings. The summed E-state index contributed by atoms with van der Waals surface area (Å²) in [6, 6.07) is 12.0. The maximum Gasteiger partial charge on any atom is 0.311 e. The summed E-state index contributed by atoms with van der Waals surface area (Å²) < 4.78 is 0. The highest BCUT2D eigenvalue weighted by Crippen LogP contribution is 2.34. The van der Waals surface area contributed by atoms with Crippen molar-refractivity contribution in [1.29, 1.82) is 0 Å². The number of nitrogens with zero attached hydrogens (tertiary/aromatic N) is 4. The molecular formula is C21H22N4O3S. The number of nitro groups is 1. The first-order chi connectivity index (χ1) is 14.0. The lowest BCUT2D eigenvalue weighted by molar-refractivity contribution is -0.384. The van der Waals surface area contributed by atoms with Crippen LogP contribution in [-0.4, -0.2) is 47.8 Å². The Bertz CT molecular complexity index is 989. The average Bonchev–Trinajstić information content (AvgIpc) is 3.25. The summed E-state index contributed by atoms with van der Waals surface area (Å²) in [7, 11) is 3.95. The molecule has 1 aromatic carbocycles. The van der Waals surface area contributed by atoms with Gasteiger partial charge in [-0.2, -0.15) is 11.3 Å². The molecule has 0 saturated heterocycles. The predicted octanol–water partition coefficient (Wildman–Crippen LogP) is 4.37. The van der Waals surface area contributed by atoms with Crippen molar-refractivity contribution in [3.63, 3.8) is 0 Å². The molecule has 0 amide bonds. The smallest absolute Gasteiger partial charge is 0.311 e. The number of ketones is 1. The van der Waals surface area contributed by atoms with Crippen LogP contribution in [0.25, 0.3) is 0 Å². The van der Waals surface area contributed by atoms with E-state index in [-0.39, 0.29) is 17.3 Å². The van der Waals surface area contributed by atoms with Crippen molar-refractivity contribution in [3.05, 3.63) is 80.7 Å². The molecule has 0 unspecified atom stereocenters. The number of anilines is 2. The SMILES string of the molecule is CN(C)CCCN(c1ccccc1C(=O)c1ccsc1)c1ncccc1[N+](=O)[O-]. The van der Waals surface area contributed by atoms with E-state index in [1.165, 1.54) is 23.6 Å². The highest BCUT2D eigenvalue weighted by Gasteiger charge is 2.25. The summed E-state index contributed by atoms with van der Waals surface area (Å²) in [4.78, 5) is 32.4. The second-order valence-electron chi connectivity index (χ2n) is 6.77. The number of hydrogen-bond acceptors (Lipinski definition) is 7. The standard InChI is InChI=1S/C21H22N4O3S/c1-23(2)12-6-13-24(21-19(25(27)28)9-5-11-22-21)18-8-4-3-7-17(18)20(26)16-10-14-29-15-16/h3-5,7-11,14-15H,6,12-13H2,1-2H3. The molecule has 0 aliphatic carbocycles. The minimum atomic E-state index is -0.440. The van der Waals surface area contributed by atoms with Crippen LogP contribution in [0.4, 0.5) is 17.2 Å². The number of hydrogen-bond donors (Lipinski definition) is 0. The van der Waals surface area contributed by atoms with Crippen LogP contribution in [-0.2, 0) is 0 Å². The van der Waals surface area contributed by atoms with Crippen LogP contribution in [0.3, 0.4) is 0 Å². The topological polar surface area (TPSA) is 79.6 Å². The van der Waals surface area contributed by atoms with Gasteiger partial charge in [-0.15, -0.1) is 0 Å². The van der Waals surface area contributed by atoms with Crippen molar-refractivity contribution in [2.75, 3.05) is 32.1 Å². The number of aromatic nitrogens is 1. The second kappa shape index (κ2) is 9.40. The Hall–Kier alpha value is -3.10. The molecule has 0 fully saturated rings. The Morgan fingerprint density at radius 1 is 1.14 bits per heavy atom. The van der Waals surface area contributed by atoms with E-state index in [2.05, 4.69) is 4.98 Å². The van der Waals surface area contributed by atoms with Gasteiger partial charge >= 0.3 is 5.69 Å². The summed E-state index contributed by atoms with van der Waals surface area (Å²) in [6.45, 7) is 1.29. The largest absolute Gasteiger partial charge is 0.320 e. The fourth-order valence-corrected chi connectivity index (χ4v) is 3.71. The van der Waals surface area contributed by atoms with E-state index in [0.29, 0.717) is 23.4 Å². The van der Waals surface area contributed by atoms with Gasteiger partial charge in [0.05, 0.1) is 10.6 Å². The highest BCUT2D eigenvalue weighted by atomic mass is 32.1. The molecule has 0 radical (unpaired) electrons. The molecule has 0 aliphatic heterocycles. The van der Waals surface area contributed by atoms with E-state index in [4.69, 9.17) is 0 Å². The first kappa shape index (κ1) is 20.6. The fraction of sp³-hybridized carbons (Fsp3) is 0.238. The number of carbonyl (C=O) groups is 1. The molecule has 150 valence electrons. The molecule has 0 bridgehead atoms. The summed E-state index contributed by atoms with van der Waals surface area (Å²) in [6.07, 6.45) is 2.28. The Balaban J connectivity index is 2.08. The van der Waals surface area contributed by atoms with Gasteiger partial charge in [-0.25, -0.2) is 4.98 Å². The van der Waals surface area contributed by atoms with Gasteiger partial charge in [0, 0.05) is 35.3 Å². The third kappa shape index (κ3) is 4.85. The van der Waals surface area contributed by atoms with Gasteiger partial charge in [0.25, 0.3) is 0 Å². The maximum absolute atomic E-state index is 13.1. The molecule has 0 N–H and O–H groups in total. The lowest BCUT2D eigenvalue weighted by Crippen LogP contribution is -2.26. The molecule has 0 atom stereocenters. The third-order valence-corrected chi connectivity index (χ3v) is 5.11. The summed E-state index contributed by atoms with van der Waals surface area (Å²) >= 11 is 1.46. The number of pyridine rings is 1. The van der Waals surface area contributed by atoms with Crippen molar-refractivity contribution in [2.45, 2.75) is 6.42 Å². The highest BCUT2D eigenvalue weighted by molar-refractivity contribution is 7.08. The van der Waals surface area contributed by atoms with Crippen LogP contribution in [0.1, 0.15) is 22.3 Å². The van der Waals surface area contributed by atoms with Gasteiger partial charge < -0.3 is 9.80 Å². The van der Waals surface area contributed by atoms with Crippen molar-refractivity contribution >= 4 is 34.3 Å². The molecule has 3 aromatic rings. The molecule has 8 heteroatoms. The Morgan fingerprint density at radius 3 is 2.62 bits per heavy atom. The minimum absolute atomic E-state index is 0.0878. The predicted molar refractivity (Wildman–Crippen MR) is 115 cm³/mol. The van der Waals surface area contributed by atoms with E-state index in [1.807, 2.05) is 36.5 Å². The van der Waals surface area contributed by atoms with E-state index in [9.17, 15) is 14.9 Å². The van der Waals surface area contributed by atoms with Gasteiger partial charge in [-0.1, -0.05) is 12.1 Å². The second-order valence-corrected chi connectivity index (χ2v) is 7.55. The van der Waals surface area contributed by atoms with Crippen LogP contribution in [0, 0.1) is 10.1 Å². The molecule has 3 rings (SSSR count). The summed E-state index contributed by atoms with van der Waals surface area (Å²) in [5.41, 5.74) is 1.63. The zero-order valence-corrected chi connectivity index (χ0v) is 17.1. The monoisotopic (exact) mass is 410 g/mol. The van der Waals surface area contributed by atoms with Crippen LogP contribution in [0.2, 0.25) is 0 Å². The molecule has 7 nitrogen and oxygen atoms in total. The number of para-hydroxylation sites is 1. The van der Waals surface area contributed by atoms with Crippen LogP contribution >= 0.6 is 11.3 Å². The van der Waals surface area contributed by atoms with Crippen molar-refractivity contribution in [2.24, 2.45) is 0 Å². The quantitative estimate of drug-likeness (QED) is 0.296. The maximum atomic E-state index is 13.1. The number of carbonyl (C=O) groups excluding carboxylic acids is 1. The molecule has 0 spiro atoms. The molecule has 2 heterocycles. The van der Waals surface area contributed by atoms with Gasteiger partial charge in [-0.3, -0.25) is 14.9 Å². The van der Waals surface area contributed by atoms with Crippen LogP contribution in [0.15, 0.2) is 59.4 Å². The van der Waals surface area contributed by atoms with Crippen molar-refractivity contribution in [3.8, 4) is 0 Å². The van der Waals surface area contributed by atoms with E-state index < -0.39 is 4.92 Å². The number of thiophene rings is 1. The summed E-state index contributed by atoms with van der Waals surface area (Å²) in [5.74, 6) is 0.125. The first-order valence-corrected chi connectivity index (χ1v) is 10.1. The van der Waals surface area contributed by atoms with Crippen LogP contribution < -0.4 is 4.90 Å². The number of rotatable bonds is 9. The Morgan fingerprint density at radius 2 is 1.93 bits per heavy atom. The Labute approximate surface area is 173 Å². The van der Waals surface area contributed by atoms with Gasteiger partial charge in [-0.05, 0) is 56.7 Å². The van der Waals surface area contributed by atoms with E-state index in [0.717, 1.165) is 13.0 Å². The third-order valence-electron chi connectivity index (χ3n) is 4.43. The first-order valence-electron chi connectivity index (χ1n) is 9.16. The molecule has 0 saturated carbocycles. The lowest BCUT2D eigenvalue weighted by atomic mass is 10.0. The zero-order chi connectivity index (χ0) is 20.8. The summed E-state index contributed by atoms with van der Waals surface area (Å²) in [5, 5.41) is 15.3. The number of benzene rings is 1. The van der Waals surface area contributed by atoms with Crippen LogP contribution in [0.5, 0.6) is 0 Å². The molecular weight excluding hydrogens is 388 g/mol. The average molecular weight is 410 g/mol. The zero-order valence-electron chi connectivity index (χ0n) is 16.3. The molecule has 29 heavy (non-hydrogen) atoms.